The molecule has 2 N–H and O–H groups in total. The van der Waals surface area contributed by atoms with Crippen molar-refractivity contribution >= 4 is 6.03 Å². The molecule has 1 aliphatic carbocycles. The number of rotatable bonds is 5. The zero-order valence-corrected chi connectivity index (χ0v) is 11.4. The zero-order chi connectivity index (χ0) is 13.1. The average molecular weight is 255 g/mol. The number of carbonyl (C=O) groups is 1. The van der Waals surface area contributed by atoms with Gasteiger partial charge < -0.3 is 20.2 Å². The molecule has 0 aromatic rings. The smallest absolute Gasteiger partial charge is 0.317 e. The molecule has 1 aliphatic heterocycles. The minimum atomic E-state index is -0.128. The van der Waals surface area contributed by atoms with Crippen molar-refractivity contribution in [2.45, 2.75) is 38.3 Å². The highest BCUT2D eigenvalue weighted by molar-refractivity contribution is 5.74. The molecule has 104 valence electrons. The number of urea groups is 1. The highest BCUT2D eigenvalue weighted by Gasteiger charge is 2.34. The molecule has 1 saturated carbocycles. The molecule has 2 rings (SSSR count). The minimum absolute atomic E-state index is 0.00278. The van der Waals surface area contributed by atoms with Crippen LogP contribution in [-0.4, -0.2) is 66.3 Å². The molecule has 0 spiro atoms. The summed E-state index contributed by atoms with van der Waals surface area (Å²) in [5, 5.41) is 12.0. The van der Waals surface area contributed by atoms with Crippen molar-refractivity contribution in [1.82, 2.24) is 15.1 Å². The number of aliphatic hydroxyl groups excluding tert-OH is 1. The number of likely N-dealkylation sites (N-methyl/N-ethyl adjacent to an activating group) is 1. The molecule has 2 fully saturated rings. The fourth-order valence-corrected chi connectivity index (χ4v) is 2.48. The van der Waals surface area contributed by atoms with Crippen LogP contribution in [0.4, 0.5) is 4.79 Å². The second-order valence-electron chi connectivity index (χ2n) is 5.71. The largest absolute Gasteiger partial charge is 0.394 e. The van der Waals surface area contributed by atoms with Crippen molar-refractivity contribution in [3.05, 3.63) is 0 Å². The third-order valence-corrected chi connectivity index (χ3v) is 4.17. The molecule has 1 heterocycles. The van der Waals surface area contributed by atoms with E-state index in [1.165, 1.54) is 25.8 Å². The predicted molar refractivity (Wildman–Crippen MR) is 70.4 cm³/mol. The number of nitrogens with zero attached hydrogens (tertiary/aromatic N) is 2. The summed E-state index contributed by atoms with van der Waals surface area (Å²) in [6.45, 7) is 4.91. The Morgan fingerprint density at radius 2 is 2.22 bits per heavy atom. The molecule has 2 unspecified atom stereocenters. The fourth-order valence-electron chi connectivity index (χ4n) is 2.48. The van der Waals surface area contributed by atoms with Gasteiger partial charge in [-0.1, -0.05) is 0 Å². The maximum Gasteiger partial charge on any atom is 0.317 e. The van der Waals surface area contributed by atoms with E-state index in [4.69, 9.17) is 5.11 Å². The summed E-state index contributed by atoms with van der Waals surface area (Å²) in [5.41, 5.74) is 0. The van der Waals surface area contributed by atoms with Gasteiger partial charge in [-0.05, 0) is 38.6 Å². The van der Waals surface area contributed by atoms with Crippen molar-refractivity contribution in [2.24, 2.45) is 5.92 Å². The first-order chi connectivity index (χ1) is 8.61. The van der Waals surface area contributed by atoms with Crippen LogP contribution >= 0.6 is 0 Å². The van der Waals surface area contributed by atoms with Gasteiger partial charge in [0.15, 0.2) is 0 Å². The first-order valence-electron chi connectivity index (χ1n) is 6.97. The molecule has 2 aliphatic rings. The van der Waals surface area contributed by atoms with Crippen molar-refractivity contribution < 1.29 is 9.90 Å². The minimum Gasteiger partial charge on any atom is -0.394 e. The van der Waals surface area contributed by atoms with Gasteiger partial charge in [0.1, 0.15) is 0 Å². The Bertz CT molecular complexity index is 294. The van der Waals surface area contributed by atoms with Gasteiger partial charge in [0.25, 0.3) is 0 Å². The second kappa shape index (κ2) is 5.89. The van der Waals surface area contributed by atoms with Gasteiger partial charge >= 0.3 is 6.03 Å². The summed E-state index contributed by atoms with van der Waals surface area (Å²) in [5.74, 6) is 0.590. The van der Waals surface area contributed by atoms with Crippen LogP contribution in [0.25, 0.3) is 0 Å². The number of hydrogen-bond donors (Lipinski definition) is 2. The van der Waals surface area contributed by atoms with Gasteiger partial charge in [-0.3, -0.25) is 0 Å². The van der Waals surface area contributed by atoms with Gasteiger partial charge in [0, 0.05) is 26.2 Å². The molecule has 2 amide bonds. The van der Waals surface area contributed by atoms with E-state index in [-0.39, 0.29) is 18.7 Å². The standard InChI is InChI=1S/C13H25N3O2/c1-10(9-17)15(2)13(18)14-7-11-5-6-16(8-11)12-3-4-12/h10-12,17H,3-9H2,1-2H3,(H,14,18). The van der Waals surface area contributed by atoms with Gasteiger partial charge in [-0.2, -0.15) is 0 Å². The van der Waals surface area contributed by atoms with Crippen molar-refractivity contribution in [3.63, 3.8) is 0 Å². The number of amides is 2. The number of hydrogen-bond acceptors (Lipinski definition) is 3. The van der Waals surface area contributed by atoms with E-state index in [1.54, 1.807) is 11.9 Å². The van der Waals surface area contributed by atoms with Crippen LogP contribution in [0.15, 0.2) is 0 Å². The summed E-state index contributed by atoms with van der Waals surface area (Å²) in [6, 6.07) is 0.626. The lowest BCUT2D eigenvalue weighted by Crippen LogP contribution is -2.45. The Morgan fingerprint density at radius 1 is 1.50 bits per heavy atom. The summed E-state index contributed by atoms with van der Waals surface area (Å²) < 4.78 is 0. The quantitative estimate of drug-likeness (QED) is 0.752. The van der Waals surface area contributed by atoms with Crippen LogP contribution in [0.2, 0.25) is 0 Å². The first-order valence-corrected chi connectivity index (χ1v) is 6.97. The maximum atomic E-state index is 11.8. The molecule has 0 aromatic carbocycles. The lowest BCUT2D eigenvalue weighted by molar-refractivity contribution is 0.156. The maximum absolute atomic E-state index is 11.8. The van der Waals surface area contributed by atoms with Gasteiger partial charge in [0.05, 0.1) is 12.6 Å². The Morgan fingerprint density at radius 3 is 2.83 bits per heavy atom. The van der Waals surface area contributed by atoms with Crippen LogP contribution in [-0.2, 0) is 0 Å². The lowest BCUT2D eigenvalue weighted by atomic mass is 10.1. The molecule has 5 nitrogen and oxygen atoms in total. The lowest BCUT2D eigenvalue weighted by Gasteiger charge is -2.24. The van der Waals surface area contributed by atoms with E-state index >= 15 is 0 Å². The molecular weight excluding hydrogens is 230 g/mol. The van der Waals surface area contributed by atoms with Gasteiger partial charge in [-0.15, -0.1) is 0 Å². The number of carbonyl (C=O) groups excluding carboxylic acids is 1. The summed E-state index contributed by atoms with van der Waals surface area (Å²) >= 11 is 0. The summed E-state index contributed by atoms with van der Waals surface area (Å²) in [7, 11) is 1.72. The highest BCUT2D eigenvalue weighted by Crippen LogP contribution is 2.31. The zero-order valence-electron chi connectivity index (χ0n) is 11.4. The Hall–Kier alpha value is -0.810. The molecule has 1 saturated heterocycles. The van der Waals surface area contributed by atoms with Crippen LogP contribution in [0.5, 0.6) is 0 Å². The predicted octanol–water partition coefficient (Wildman–Crippen LogP) is 0.493. The van der Waals surface area contributed by atoms with Crippen LogP contribution in [0, 0.1) is 5.92 Å². The third-order valence-electron chi connectivity index (χ3n) is 4.17. The highest BCUT2D eigenvalue weighted by atomic mass is 16.3. The van der Waals surface area contributed by atoms with E-state index in [0.717, 1.165) is 19.1 Å². The summed E-state index contributed by atoms with van der Waals surface area (Å²) in [4.78, 5) is 15.9. The topological polar surface area (TPSA) is 55.8 Å². The van der Waals surface area contributed by atoms with Crippen molar-refractivity contribution in [2.75, 3.05) is 33.3 Å². The number of likely N-dealkylation sites (tertiary alicyclic amines) is 1. The molecule has 0 radical (unpaired) electrons. The fraction of sp³-hybridized carbons (Fsp3) is 0.923. The Balaban J connectivity index is 1.66. The summed E-state index contributed by atoms with van der Waals surface area (Å²) in [6.07, 6.45) is 3.90. The van der Waals surface area contributed by atoms with E-state index in [1.807, 2.05) is 6.92 Å². The molecular formula is C13H25N3O2. The third kappa shape index (κ3) is 3.36. The van der Waals surface area contributed by atoms with E-state index in [9.17, 15) is 4.79 Å². The van der Waals surface area contributed by atoms with Crippen molar-refractivity contribution in [1.29, 1.82) is 0 Å². The monoisotopic (exact) mass is 255 g/mol. The number of aliphatic hydroxyl groups is 1. The van der Waals surface area contributed by atoms with Crippen LogP contribution < -0.4 is 5.32 Å². The molecule has 0 aromatic heterocycles. The molecule has 2 atom stereocenters. The van der Waals surface area contributed by atoms with E-state index in [2.05, 4.69) is 10.2 Å². The van der Waals surface area contributed by atoms with Gasteiger partial charge in [-0.25, -0.2) is 4.79 Å². The Kier molecular flexibility index (Phi) is 4.45. The number of nitrogens with one attached hydrogen (secondary N) is 1. The van der Waals surface area contributed by atoms with Gasteiger partial charge in [0.2, 0.25) is 0 Å². The van der Waals surface area contributed by atoms with E-state index < -0.39 is 0 Å². The average Bonchev–Trinajstić information content (AvgIpc) is 3.13. The molecule has 0 bridgehead atoms. The molecule has 18 heavy (non-hydrogen) atoms. The van der Waals surface area contributed by atoms with E-state index in [0.29, 0.717) is 5.92 Å². The Labute approximate surface area is 109 Å². The SMILES string of the molecule is CC(CO)N(C)C(=O)NCC1CCN(C2CC2)C1. The molecule has 5 heteroatoms. The van der Waals surface area contributed by atoms with Crippen LogP contribution in [0.3, 0.4) is 0 Å². The first kappa shape index (κ1) is 13.6. The van der Waals surface area contributed by atoms with Crippen molar-refractivity contribution in [3.8, 4) is 0 Å². The second-order valence-corrected chi connectivity index (χ2v) is 5.71. The normalized spacial score (nSPS) is 26.1. The van der Waals surface area contributed by atoms with Crippen LogP contribution in [0.1, 0.15) is 26.2 Å².